The van der Waals surface area contributed by atoms with Crippen molar-refractivity contribution in [3.8, 4) is 11.1 Å². The van der Waals surface area contributed by atoms with E-state index in [-0.39, 0.29) is 6.09 Å². The van der Waals surface area contributed by atoms with Crippen molar-refractivity contribution in [2.24, 2.45) is 0 Å². The minimum absolute atomic E-state index is 0.239. The van der Waals surface area contributed by atoms with Crippen molar-refractivity contribution in [2.45, 2.75) is 32.8 Å². The van der Waals surface area contributed by atoms with Crippen LogP contribution in [0, 0.1) is 0 Å². The van der Waals surface area contributed by atoms with E-state index in [4.69, 9.17) is 4.74 Å². The highest BCUT2D eigenvalue weighted by atomic mass is 16.6. The van der Waals surface area contributed by atoms with Gasteiger partial charge in [0.05, 0.1) is 0 Å². The maximum atomic E-state index is 12.4. The molecule has 0 saturated heterocycles. The van der Waals surface area contributed by atoms with Crippen LogP contribution in [-0.4, -0.2) is 29.7 Å². The summed E-state index contributed by atoms with van der Waals surface area (Å²) in [5.74, 6) is 0. The molecule has 0 saturated carbocycles. The largest absolute Gasteiger partial charge is 0.444 e. The molecule has 0 bridgehead atoms. The lowest BCUT2D eigenvalue weighted by Gasteiger charge is -2.30. The van der Waals surface area contributed by atoms with Crippen molar-refractivity contribution in [1.82, 2.24) is 4.90 Å². The number of carbonyl (C=O) groups excluding carboxylic acids is 1. The molecular weight excluding hydrogens is 310 g/mol. The van der Waals surface area contributed by atoms with Crippen molar-refractivity contribution in [3.63, 3.8) is 0 Å². The fraction of sp³-hybridized carbons (Fsp3) is 0.318. The standard InChI is InChI=1S/C22H25NO2/c1-22(2,3)25-21(24)23-14-8-13-20(16-23)19-12-7-11-18(15-19)17-9-5-4-6-10-17/h4-7,9-13,15H,8,14,16H2,1-3H3. The van der Waals surface area contributed by atoms with Crippen molar-refractivity contribution < 1.29 is 9.53 Å². The molecule has 0 unspecified atom stereocenters. The van der Waals surface area contributed by atoms with Crippen LogP contribution in [0.15, 0.2) is 60.7 Å². The summed E-state index contributed by atoms with van der Waals surface area (Å²) >= 11 is 0. The molecule has 0 aromatic heterocycles. The summed E-state index contributed by atoms with van der Waals surface area (Å²) in [6, 6.07) is 18.8. The van der Waals surface area contributed by atoms with Gasteiger partial charge in [-0.1, -0.05) is 54.6 Å². The summed E-state index contributed by atoms with van der Waals surface area (Å²) in [5.41, 5.74) is 4.26. The van der Waals surface area contributed by atoms with E-state index in [0.717, 1.165) is 12.0 Å². The van der Waals surface area contributed by atoms with Gasteiger partial charge in [0.2, 0.25) is 0 Å². The second-order valence-electron chi connectivity index (χ2n) is 7.37. The van der Waals surface area contributed by atoms with Gasteiger partial charge in [-0.25, -0.2) is 4.79 Å². The topological polar surface area (TPSA) is 29.5 Å². The predicted octanol–water partition coefficient (Wildman–Crippen LogP) is 5.38. The van der Waals surface area contributed by atoms with Gasteiger partial charge in [-0.3, -0.25) is 0 Å². The predicted molar refractivity (Wildman–Crippen MR) is 102 cm³/mol. The Hall–Kier alpha value is -2.55. The van der Waals surface area contributed by atoms with Gasteiger partial charge in [-0.15, -0.1) is 0 Å². The molecule has 0 fully saturated rings. The van der Waals surface area contributed by atoms with Crippen molar-refractivity contribution in [1.29, 1.82) is 0 Å². The number of benzene rings is 2. The average molecular weight is 335 g/mol. The van der Waals surface area contributed by atoms with Crippen LogP contribution in [-0.2, 0) is 4.74 Å². The van der Waals surface area contributed by atoms with Gasteiger partial charge in [-0.05, 0) is 55.5 Å². The number of ether oxygens (including phenoxy) is 1. The molecule has 1 heterocycles. The molecule has 130 valence electrons. The van der Waals surface area contributed by atoms with Crippen LogP contribution < -0.4 is 0 Å². The summed E-state index contributed by atoms with van der Waals surface area (Å²) < 4.78 is 5.51. The molecule has 3 rings (SSSR count). The number of hydrogen-bond donors (Lipinski definition) is 0. The first-order chi connectivity index (χ1) is 11.9. The molecule has 3 nitrogen and oxygen atoms in total. The maximum Gasteiger partial charge on any atom is 0.410 e. The Morgan fingerprint density at radius 1 is 0.960 bits per heavy atom. The highest BCUT2D eigenvalue weighted by molar-refractivity contribution is 5.77. The number of amides is 1. The highest BCUT2D eigenvalue weighted by Crippen LogP contribution is 2.27. The van der Waals surface area contributed by atoms with E-state index >= 15 is 0 Å². The van der Waals surface area contributed by atoms with Crippen LogP contribution in [0.3, 0.4) is 0 Å². The van der Waals surface area contributed by atoms with Gasteiger partial charge in [0.25, 0.3) is 0 Å². The van der Waals surface area contributed by atoms with Crippen LogP contribution in [0.2, 0.25) is 0 Å². The Morgan fingerprint density at radius 3 is 2.36 bits per heavy atom. The summed E-state index contributed by atoms with van der Waals surface area (Å²) in [7, 11) is 0. The lowest BCUT2D eigenvalue weighted by molar-refractivity contribution is 0.0273. The lowest BCUT2D eigenvalue weighted by Crippen LogP contribution is -2.39. The third-order valence-electron chi connectivity index (χ3n) is 4.14. The maximum absolute atomic E-state index is 12.4. The van der Waals surface area contributed by atoms with Crippen LogP contribution in [0.4, 0.5) is 4.79 Å². The summed E-state index contributed by atoms with van der Waals surface area (Å²) in [4.78, 5) is 14.1. The van der Waals surface area contributed by atoms with E-state index in [1.807, 2.05) is 39.0 Å². The highest BCUT2D eigenvalue weighted by Gasteiger charge is 2.24. The Morgan fingerprint density at radius 2 is 1.64 bits per heavy atom. The molecule has 1 aliphatic heterocycles. The molecule has 2 aromatic rings. The van der Waals surface area contributed by atoms with Crippen molar-refractivity contribution >= 4 is 11.7 Å². The first-order valence-electron chi connectivity index (χ1n) is 8.75. The van der Waals surface area contributed by atoms with E-state index in [9.17, 15) is 4.79 Å². The number of nitrogens with zero attached hydrogens (tertiary/aromatic N) is 1. The molecule has 25 heavy (non-hydrogen) atoms. The van der Waals surface area contributed by atoms with E-state index in [2.05, 4.69) is 42.5 Å². The van der Waals surface area contributed by atoms with Gasteiger partial charge in [-0.2, -0.15) is 0 Å². The van der Waals surface area contributed by atoms with Crippen molar-refractivity contribution in [2.75, 3.05) is 13.1 Å². The normalized spacial score (nSPS) is 14.8. The molecule has 0 spiro atoms. The third kappa shape index (κ3) is 4.50. The van der Waals surface area contributed by atoms with Crippen molar-refractivity contribution in [3.05, 3.63) is 66.2 Å². The SMILES string of the molecule is CC(C)(C)OC(=O)N1CCC=C(c2cccc(-c3ccccc3)c2)C1. The summed E-state index contributed by atoms with van der Waals surface area (Å²) in [6.45, 7) is 6.99. The number of hydrogen-bond acceptors (Lipinski definition) is 2. The molecule has 1 amide bonds. The molecule has 0 radical (unpaired) electrons. The van der Waals surface area contributed by atoms with E-state index < -0.39 is 5.60 Å². The van der Waals surface area contributed by atoms with Gasteiger partial charge in [0.15, 0.2) is 0 Å². The molecular formula is C22H25NO2. The zero-order chi connectivity index (χ0) is 17.9. The van der Waals surface area contributed by atoms with Crippen LogP contribution in [0.25, 0.3) is 16.7 Å². The second-order valence-corrected chi connectivity index (χ2v) is 7.37. The molecule has 0 N–H and O–H groups in total. The Kier molecular flexibility index (Phi) is 4.93. The Balaban J connectivity index is 1.78. The van der Waals surface area contributed by atoms with Gasteiger partial charge < -0.3 is 9.64 Å². The van der Waals surface area contributed by atoms with E-state index in [1.54, 1.807) is 4.90 Å². The molecule has 2 aromatic carbocycles. The zero-order valence-electron chi connectivity index (χ0n) is 15.2. The third-order valence-corrected chi connectivity index (χ3v) is 4.14. The minimum atomic E-state index is -0.467. The number of rotatable bonds is 2. The van der Waals surface area contributed by atoms with Gasteiger partial charge >= 0.3 is 6.09 Å². The molecule has 1 aliphatic rings. The fourth-order valence-electron chi connectivity index (χ4n) is 2.96. The zero-order valence-corrected chi connectivity index (χ0v) is 15.2. The minimum Gasteiger partial charge on any atom is -0.444 e. The van der Waals surface area contributed by atoms with E-state index in [0.29, 0.717) is 13.1 Å². The smallest absolute Gasteiger partial charge is 0.410 e. The Labute approximate surface area is 149 Å². The Bertz CT molecular complexity index is 772. The quantitative estimate of drug-likeness (QED) is 0.737. The van der Waals surface area contributed by atoms with Gasteiger partial charge in [0.1, 0.15) is 5.60 Å². The number of carbonyl (C=O) groups is 1. The monoisotopic (exact) mass is 335 g/mol. The lowest BCUT2D eigenvalue weighted by atomic mass is 9.97. The van der Waals surface area contributed by atoms with Crippen LogP contribution >= 0.6 is 0 Å². The summed E-state index contributed by atoms with van der Waals surface area (Å²) in [5, 5.41) is 0. The fourth-order valence-corrected chi connectivity index (χ4v) is 2.96. The first-order valence-corrected chi connectivity index (χ1v) is 8.75. The van der Waals surface area contributed by atoms with Gasteiger partial charge in [0, 0.05) is 13.1 Å². The molecule has 3 heteroatoms. The van der Waals surface area contributed by atoms with Crippen LogP contribution in [0.5, 0.6) is 0 Å². The molecule has 0 aliphatic carbocycles. The first kappa shape index (κ1) is 17.3. The summed E-state index contributed by atoms with van der Waals surface area (Å²) in [6.07, 6.45) is 2.84. The van der Waals surface area contributed by atoms with Crippen LogP contribution in [0.1, 0.15) is 32.8 Å². The molecule has 0 atom stereocenters. The second kappa shape index (κ2) is 7.14. The average Bonchev–Trinajstić information content (AvgIpc) is 2.61. The van der Waals surface area contributed by atoms with E-state index in [1.165, 1.54) is 16.7 Å².